The van der Waals surface area contributed by atoms with Crippen molar-refractivity contribution in [1.82, 2.24) is 14.8 Å². The molecule has 0 saturated heterocycles. The first-order valence-electron chi connectivity index (χ1n) is 10.8. The number of hydrogen-bond donors (Lipinski definition) is 2. The predicted octanol–water partition coefficient (Wildman–Crippen LogP) is 4.57. The number of anilines is 1. The van der Waals surface area contributed by atoms with E-state index in [1.54, 1.807) is 42.1 Å². The van der Waals surface area contributed by atoms with E-state index in [-0.39, 0.29) is 23.2 Å². The molecule has 2 aromatic heterocycles. The summed E-state index contributed by atoms with van der Waals surface area (Å²) >= 11 is 0. The van der Waals surface area contributed by atoms with Gasteiger partial charge in [-0.1, -0.05) is 25.1 Å². The molecule has 8 heteroatoms. The lowest BCUT2D eigenvalue weighted by molar-refractivity contribution is 0.100. The quantitative estimate of drug-likeness (QED) is 0.468. The lowest BCUT2D eigenvalue weighted by Gasteiger charge is -2.33. The van der Waals surface area contributed by atoms with Gasteiger partial charge in [0.1, 0.15) is 28.6 Å². The molecule has 0 radical (unpaired) electrons. The van der Waals surface area contributed by atoms with Gasteiger partial charge in [-0.15, -0.1) is 0 Å². The zero-order valence-corrected chi connectivity index (χ0v) is 18.4. The maximum absolute atomic E-state index is 14.4. The first-order chi connectivity index (χ1) is 15.9. The minimum atomic E-state index is -0.633. The molecular weight excluding hydrogens is 421 g/mol. The summed E-state index contributed by atoms with van der Waals surface area (Å²) in [6.45, 7) is 2.17. The van der Waals surface area contributed by atoms with E-state index >= 15 is 0 Å². The van der Waals surface area contributed by atoms with Crippen LogP contribution in [0.15, 0.2) is 48.5 Å². The number of nitrogens with zero attached hydrogens (tertiary/aromatic N) is 3. The molecule has 1 amide bonds. The zero-order chi connectivity index (χ0) is 23.3. The molecule has 0 spiro atoms. The van der Waals surface area contributed by atoms with Crippen LogP contribution >= 0.6 is 0 Å². The Kier molecular flexibility index (Phi) is 5.00. The molecule has 2 aromatic carbocycles. The van der Waals surface area contributed by atoms with Gasteiger partial charge in [0.15, 0.2) is 0 Å². The van der Waals surface area contributed by atoms with E-state index in [0.717, 1.165) is 18.2 Å². The molecule has 0 bridgehead atoms. The lowest BCUT2D eigenvalue weighted by atomic mass is 9.82. The van der Waals surface area contributed by atoms with Gasteiger partial charge in [0, 0.05) is 22.6 Å². The molecule has 2 heterocycles. The fourth-order valence-electron chi connectivity index (χ4n) is 4.55. The van der Waals surface area contributed by atoms with E-state index in [4.69, 9.17) is 16.2 Å². The van der Waals surface area contributed by atoms with Crippen molar-refractivity contribution in [2.75, 3.05) is 12.8 Å². The van der Waals surface area contributed by atoms with Gasteiger partial charge >= 0.3 is 0 Å². The number of methoxy groups -OCH3 is 1. The van der Waals surface area contributed by atoms with Crippen molar-refractivity contribution >= 4 is 22.6 Å². The number of fused-ring (bicyclic) bond motifs is 1. The van der Waals surface area contributed by atoms with Crippen molar-refractivity contribution in [3.8, 4) is 28.3 Å². The number of carbonyl (C=O) groups is 1. The zero-order valence-electron chi connectivity index (χ0n) is 18.4. The van der Waals surface area contributed by atoms with Gasteiger partial charge in [-0.05, 0) is 43.0 Å². The third-order valence-corrected chi connectivity index (χ3v) is 6.30. The van der Waals surface area contributed by atoms with Gasteiger partial charge in [-0.25, -0.2) is 14.1 Å². The average Bonchev–Trinajstić information content (AvgIpc) is 3.13. The standard InChI is InChI=1S/C25H24FN5O2/c1-13-9-15(10-13)31-24(27)22(25(28)32)23(30-31)14-7-8-17-19(11-14)29-20(12-21(17)33-2)16-5-3-4-6-18(16)26/h3-8,11-13,15H,9-10,27H2,1-2H3,(H2,28,32). The highest BCUT2D eigenvalue weighted by atomic mass is 19.1. The molecule has 0 unspecified atom stereocenters. The van der Waals surface area contributed by atoms with Crippen molar-refractivity contribution in [3.63, 3.8) is 0 Å². The first kappa shape index (κ1) is 20.9. The number of nitrogens with two attached hydrogens (primary N) is 2. The van der Waals surface area contributed by atoms with Crippen LogP contribution in [0.5, 0.6) is 5.75 Å². The molecule has 33 heavy (non-hydrogen) atoms. The van der Waals surface area contributed by atoms with E-state index in [0.29, 0.717) is 39.7 Å². The van der Waals surface area contributed by atoms with Crippen LogP contribution in [-0.2, 0) is 0 Å². The number of amides is 1. The second kappa shape index (κ2) is 7.88. The van der Waals surface area contributed by atoms with Gasteiger partial charge in [0.25, 0.3) is 5.91 Å². The van der Waals surface area contributed by atoms with Crippen molar-refractivity contribution in [2.45, 2.75) is 25.8 Å². The summed E-state index contributed by atoms with van der Waals surface area (Å²) in [5.74, 6) is 0.425. The summed E-state index contributed by atoms with van der Waals surface area (Å²) in [6.07, 6.45) is 1.90. The number of aromatic nitrogens is 3. The molecule has 5 rings (SSSR count). The van der Waals surface area contributed by atoms with E-state index in [2.05, 4.69) is 17.0 Å². The number of nitrogen functional groups attached to an aromatic ring is 1. The Bertz CT molecular complexity index is 1390. The largest absolute Gasteiger partial charge is 0.496 e. The molecule has 168 valence electrons. The van der Waals surface area contributed by atoms with E-state index in [9.17, 15) is 9.18 Å². The molecule has 1 fully saturated rings. The Morgan fingerprint density at radius 1 is 1.18 bits per heavy atom. The first-order valence-corrected chi connectivity index (χ1v) is 10.8. The maximum atomic E-state index is 14.4. The van der Waals surface area contributed by atoms with Crippen molar-refractivity contribution in [2.24, 2.45) is 11.7 Å². The van der Waals surface area contributed by atoms with Crippen molar-refractivity contribution in [3.05, 3.63) is 59.9 Å². The molecule has 7 nitrogen and oxygen atoms in total. The van der Waals surface area contributed by atoms with Gasteiger partial charge in [0.2, 0.25) is 0 Å². The Hall–Kier alpha value is -3.94. The van der Waals surface area contributed by atoms with Gasteiger partial charge in [-0.3, -0.25) is 4.79 Å². The third kappa shape index (κ3) is 3.47. The number of halogens is 1. The summed E-state index contributed by atoms with van der Waals surface area (Å²) in [6, 6.07) is 13.8. The summed E-state index contributed by atoms with van der Waals surface area (Å²) in [5, 5.41) is 5.43. The number of ether oxygens (including phenoxy) is 1. The number of carbonyl (C=O) groups excluding carboxylic acids is 1. The van der Waals surface area contributed by atoms with E-state index in [1.165, 1.54) is 6.07 Å². The van der Waals surface area contributed by atoms with Crippen LogP contribution in [-0.4, -0.2) is 27.8 Å². The Labute approximate surface area is 190 Å². The smallest absolute Gasteiger partial charge is 0.254 e. The van der Waals surface area contributed by atoms with Crippen LogP contribution in [0, 0.1) is 11.7 Å². The second-order valence-corrected chi connectivity index (χ2v) is 8.57. The molecule has 1 aliphatic carbocycles. The monoisotopic (exact) mass is 445 g/mol. The SMILES string of the molecule is COc1cc(-c2ccccc2F)nc2cc(-c3nn(C4CC(C)C4)c(N)c3C(N)=O)ccc12. The van der Waals surface area contributed by atoms with Crippen LogP contribution in [0.1, 0.15) is 36.2 Å². The highest BCUT2D eigenvalue weighted by Crippen LogP contribution is 2.41. The topological polar surface area (TPSA) is 109 Å². The van der Waals surface area contributed by atoms with E-state index in [1.807, 2.05) is 12.1 Å². The molecule has 1 aliphatic rings. The predicted molar refractivity (Wildman–Crippen MR) is 125 cm³/mol. The fourth-order valence-corrected chi connectivity index (χ4v) is 4.55. The summed E-state index contributed by atoms with van der Waals surface area (Å²) in [5.41, 5.74) is 14.6. The average molecular weight is 445 g/mol. The highest BCUT2D eigenvalue weighted by molar-refractivity contribution is 6.04. The lowest BCUT2D eigenvalue weighted by Crippen LogP contribution is -2.27. The normalized spacial score (nSPS) is 17.7. The molecule has 0 atom stereocenters. The minimum absolute atomic E-state index is 0.151. The number of pyridine rings is 1. The molecule has 0 aliphatic heterocycles. The maximum Gasteiger partial charge on any atom is 0.254 e. The van der Waals surface area contributed by atoms with Gasteiger partial charge in [-0.2, -0.15) is 5.10 Å². The minimum Gasteiger partial charge on any atom is -0.496 e. The number of rotatable bonds is 5. The van der Waals surface area contributed by atoms with Crippen LogP contribution in [0.3, 0.4) is 0 Å². The van der Waals surface area contributed by atoms with Crippen molar-refractivity contribution in [1.29, 1.82) is 0 Å². The van der Waals surface area contributed by atoms with Crippen LogP contribution in [0.25, 0.3) is 33.4 Å². The summed E-state index contributed by atoms with van der Waals surface area (Å²) < 4.78 is 21.7. The Balaban J connectivity index is 1.68. The molecular formula is C25H24FN5O2. The number of hydrogen-bond acceptors (Lipinski definition) is 5. The van der Waals surface area contributed by atoms with Gasteiger partial charge < -0.3 is 16.2 Å². The van der Waals surface area contributed by atoms with Gasteiger partial charge in [0.05, 0.1) is 24.4 Å². The highest BCUT2D eigenvalue weighted by Gasteiger charge is 2.32. The van der Waals surface area contributed by atoms with E-state index < -0.39 is 5.91 Å². The number of benzene rings is 2. The molecule has 4 aromatic rings. The Morgan fingerprint density at radius 2 is 1.94 bits per heavy atom. The molecule has 4 N–H and O–H groups in total. The fraction of sp³-hybridized carbons (Fsp3) is 0.240. The van der Waals surface area contributed by atoms with Crippen molar-refractivity contribution < 1.29 is 13.9 Å². The molecule has 1 saturated carbocycles. The summed E-state index contributed by atoms with van der Waals surface area (Å²) in [7, 11) is 1.56. The van der Waals surface area contributed by atoms with Crippen LogP contribution in [0.2, 0.25) is 0 Å². The summed E-state index contributed by atoms with van der Waals surface area (Å²) in [4.78, 5) is 16.9. The van der Waals surface area contributed by atoms with Crippen LogP contribution < -0.4 is 16.2 Å². The second-order valence-electron chi connectivity index (χ2n) is 8.57. The third-order valence-electron chi connectivity index (χ3n) is 6.30. The Morgan fingerprint density at radius 3 is 2.61 bits per heavy atom. The number of primary amides is 1. The van der Waals surface area contributed by atoms with Crippen LogP contribution in [0.4, 0.5) is 10.2 Å².